The third-order valence-corrected chi connectivity index (χ3v) is 4.11. The quantitative estimate of drug-likeness (QED) is 0.929. The summed E-state index contributed by atoms with van der Waals surface area (Å²) in [6.45, 7) is 0.633. The molecule has 0 saturated heterocycles. The maximum atomic E-state index is 13.2. The van der Waals surface area contributed by atoms with Gasteiger partial charge in [-0.2, -0.15) is 0 Å². The molecule has 2 aromatic rings. The van der Waals surface area contributed by atoms with Crippen LogP contribution in [0.5, 0.6) is 0 Å². The van der Waals surface area contributed by atoms with Gasteiger partial charge in [0.2, 0.25) is 0 Å². The number of halogens is 2. The van der Waals surface area contributed by atoms with Crippen molar-refractivity contribution in [2.75, 3.05) is 6.54 Å². The summed E-state index contributed by atoms with van der Waals surface area (Å²) < 4.78 is 18.8. The smallest absolute Gasteiger partial charge is 0.196 e. The van der Waals surface area contributed by atoms with Gasteiger partial charge in [0.25, 0.3) is 0 Å². The van der Waals surface area contributed by atoms with Crippen molar-refractivity contribution in [3.63, 3.8) is 0 Å². The third kappa shape index (κ3) is 1.89. The molecule has 0 spiro atoms. The van der Waals surface area contributed by atoms with Crippen LogP contribution in [0.3, 0.4) is 0 Å². The highest BCUT2D eigenvalue weighted by molar-refractivity contribution is 6.34. The van der Waals surface area contributed by atoms with Crippen molar-refractivity contribution in [2.24, 2.45) is 11.1 Å². The topological polar surface area (TPSA) is 52.0 Å². The molecule has 0 atom stereocenters. The number of nitrogens with zero attached hydrogens (tertiary/aromatic N) is 1. The number of aromatic nitrogens is 1. The van der Waals surface area contributed by atoms with E-state index in [0.717, 1.165) is 12.8 Å². The molecule has 18 heavy (non-hydrogen) atoms. The van der Waals surface area contributed by atoms with E-state index < -0.39 is 5.82 Å². The first-order valence-corrected chi connectivity index (χ1v) is 6.44. The normalized spacial score (nSPS) is 17.9. The van der Waals surface area contributed by atoms with Gasteiger partial charge in [0.1, 0.15) is 11.3 Å². The van der Waals surface area contributed by atoms with Crippen LogP contribution in [0.4, 0.5) is 4.39 Å². The van der Waals surface area contributed by atoms with Gasteiger partial charge >= 0.3 is 0 Å². The van der Waals surface area contributed by atoms with Crippen LogP contribution >= 0.6 is 11.6 Å². The molecule has 1 heterocycles. The van der Waals surface area contributed by atoms with E-state index in [1.807, 2.05) is 0 Å². The van der Waals surface area contributed by atoms with Crippen LogP contribution in [0.25, 0.3) is 11.1 Å². The van der Waals surface area contributed by atoms with Crippen LogP contribution in [0.2, 0.25) is 5.02 Å². The molecule has 5 heteroatoms. The molecule has 1 saturated carbocycles. The van der Waals surface area contributed by atoms with Gasteiger partial charge in [-0.1, -0.05) is 18.0 Å². The third-order valence-electron chi connectivity index (χ3n) is 3.83. The first-order chi connectivity index (χ1) is 8.62. The standard InChI is InChI=1S/C13H14ClFN2O/c14-9-4-8(15)5-10-12(9)18-11(17-10)6-13(7-16)2-1-3-13/h4-5H,1-3,6-7,16H2. The van der Waals surface area contributed by atoms with Crippen molar-refractivity contribution in [1.82, 2.24) is 4.98 Å². The van der Waals surface area contributed by atoms with E-state index in [-0.39, 0.29) is 10.4 Å². The number of oxazole rings is 1. The van der Waals surface area contributed by atoms with Crippen LogP contribution in [0, 0.1) is 11.2 Å². The summed E-state index contributed by atoms with van der Waals surface area (Å²) in [7, 11) is 0. The number of hydrogen-bond acceptors (Lipinski definition) is 3. The Morgan fingerprint density at radius 3 is 2.83 bits per heavy atom. The highest BCUT2D eigenvalue weighted by Crippen LogP contribution is 2.43. The van der Waals surface area contributed by atoms with Crippen molar-refractivity contribution < 1.29 is 8.81 Å². The van der Waals surface area contributed by atoms with Crippen molar-refractivity contribution in [3.05, 3.63) is 28.9 Å². The first-order valence-electron chi connectivity index (χ1n) is 6.06. The highest BCUT2D eigenvalue weighted by atomic mass is 35.5. The molecule has 0 amide bonds. The average Bonchev–Trinajstić information content (AvgIpc) is 2.66. The molecule has 0 aliphatic heterocycles. The molecule has 96 valence electrons. The maximum absolute atomic E-state index is 13.2. The van der Waals surface area contributed by atoms with E-state index in [4.69, 9.17) is 21.8 Å². The molecule has 0 unspecified atom stereocenters. The Labute approximate surface area is 109 Å². The molecular formula is C13H14ClFN2O. The van der Waals surface area contributed by atoms with Gasteiger partial charge in [-0.15, -0.1) is 0 Å². The predicted octanol–water partition coefficient (Wildman–Crippen LogP) is 3.29. The minimum Gasteiger partial charge on any atom is -0.439 e. The maximum Gasteiger partial charge on any atom is 0.196 e. The van der Waals surface area contributed by atoms with Crippen molar-refractivity contribution in [1.29, 1.82) is 0 Å². The Balaban J connectivity index is 1.96. The number of nitrogens with two attached hydrogens (primary N) is 1. The number of benzene rings is 1. The van der Waals surface area contributed by atoms with E-state index in [1.54, 1.807) is 0 Å². The Hall–Kier alpha value is -1.13. The Morgan fingerprint density at radius 2 is 2.22 bits per heavy atom. The van der Waals surface area contributed by atoms with Crippen LogP contribution < -0.4 is 5.73 Å². The zero-order valence-electron chi connectivity index (χ0n) is 9.88. The summed E-state index contributed by atoms with van der Waals surface area (Å²) in [5.41, 5.74) is 6.86. The van der Waals surface area contributed by atoms with E-state index in [0.29, 0.717) is 30.0 Å². The van der Waals surface area contributed by atoms with E-state index in [9.17, 15) is 4.39 Å². The predicted molar refractivity (Wildman–Crippen MR) is 68.0 cm³/mol. The fourth-order valence-electron chi connectivity index (χ4n) is 2.53. The van der Waals surface area contributed by atoms with Gasteiger partial charge in [0, 0.05) is 12.5 Å². The molecule has 1 fully saturated rings. The molecule has 0 radical (unpaired) electrons. The number of hydrogen-bond donors (Lipinski definition) is 1. The van der Waals surface area contributed by atoms with Crippen molar-refractivity contribution in [2.45, 2.75) is 25.7 Å². The molecule has 1 aliphatic rings. The molecule has 1 aromatic carbocycles. The zero-order chi connectivity index (χ0) is 12.8. The second-order valence-corrected chi connectivity index (χ2v) is 5.49. The van der Waals surface area contributed by atoms with Crippen LogP contribution in [0.15, 0.2) is 16.5 Å². The molecule has 3 nitrogen and oxygen atoms in total. The lowest BCUT2D eigenvalue weighted by Crippen LogP contribution is -2.39. The minimum atomic E-state index is -0.399. The Bertz CT molecular complexity index is 586. The Kier molecular flexibility index (Phi) is 2.79. The second kappa shape index (κ2) is 4.21. The summed E-state index contributed by atoms with van der Waals surface area (Å²) in [4.78, 5) is 4.30. The Morgan fingerprint density at radius 1 is 1.44 bits per heavy atom. The summed E-state index contributed by atoms with van der Waals surface area (Å²) in [5.74, 6) is 0.201. The molecule has 1 aliphatic carbocycles. The molecular weight excluding hydrogens is 255 g/mol. The summed E-state index contributed by atoms with van der Waals surface area (Å²) in [6, 6.07) is 2.57. The van der Waals surface area contributed by atoms with E-state index in [1.165, 1.54) is 18.6 Å². The minimum absolute atomic E-state index is 0.117. The lowest BCUT2D eigenvalue weighted by atomic mass is 9.67. The van der Waals surface area contributed by atoms with Crippen molar-refractivity contribution >= 4 is 22.7 Å². The SMILES string of the molecule is NCC1(Cc2nc3cc(F)cc(Cl)c3o2)CCC1. The van der Waals surface area contributed by atoms with Gasteiger partial charge in [0.05, 0.1) is 5.02 Å². The van der Waals surface area contributed by atoms with Crippen LogP contribution in [-0.4, -0.2) is 11.5 Å². The molecule has 2 N–H and O–H groups in total. The largest absolute Gasteiger partial charge is 0.439 e. The fourth-order valence-corrected chi connectivity index (χ4v) is 2.77. The monoisotopic (exact) mass is 268 g/mol. The van der Waals surface area contributed by atoms with Crippen LogP contribution in [0.1, 0.15) is 25.2 Å². The molecule has 1 aromatic heterocycles. The lowest BCUT2D eigenvalue weighted by Gasteiger charge is -2.39. The zero-order valence-corrected chi connectivity index (χ0v) is 10.6. The highest BCUT2D eigenvalue weighted by Gasteiger charge is 2.37. The van der Waals surface area contributed by atoms with Gasteiger partial charge in [0.15, 0.2) is 11.5 Å². The van der Waals surface area contributed by atoms with Gasteiger partial charge in [-0.05, 0) is 30.9 Å². The van der Waals surface area contributed by atoms with Gasteiger partial charge < -0.3 is 10.2 Å². The number of rotatable bonds is 3. The molecule has 3 rings (SSSR count). The van der Waals surface area contributed by atoms with Gasteiger partial charge in [-0.25, -0.2) is 9.37 Å². The first kappa shape index (κ1) is 11.9. The fraction of sp³-hybridized carbons (Fsp3) is 0.462. The summed E-state index contributed by atoms with van der Waals surface area (Å²) >= 11 is 5.93. The average molecular weight is 269 g/mol. The van der Waals surface area contributed by atoms with Crippen molar-refractivity contribution in [3.8, 4) is 0 Å². The van der Waals surface area contributed by atoms with E-state index in [2.05, 4.69) is 4.98 Å². The summed E-state index contributed by atoms with van der Waals surface area (Å²) in [5, 5.41) is 0.263. The van der Waals surface area contributed by atoms with E-state index >= 15 is 0 Å². The molecule has 0 bridgehead atoms. The lowest BCUT2D eigenvalue weighted by molar-refractivity contribution is 0.134. The van der Waals surface area contributed by atoms with Crippen LogP contribution in [-0.2, 0) is 6.42 Å². The number of fused-ring (bicyclic) bond motifs is 1. The second-order valence-electron chi connectivity index (χ2n) is 5.08. The van der Waals surface area contributed by atoms with Gasteiger partial charge in [-0.3, -0.25) is 0 Å². The summed E-state index contributed by atoms with van der Waals surface area (Å²) in [6.07, 6.45) is 4.11.